The maximum absolute atomic E-state index is 2.81. The van der Waals surface area contributed by atoms with Crippen LogP contribution in [0.1, 0.15) is 94.7 Å². The first kappa shape index (κ1) is 46.9. The fourth-order valence-corrected chi connectivity index (χ4v) is 36.0. The molecule has 72 heavy (non-hydrogen) atoms. The quantitative estimate of drug-likeness (QED) is 0.0709. The van der Waals surface area contributed by atoms with Gasteiger partial charge in [0.25, 0.3) is 0 Å². The molecular formula is C70H65SiZr. The number of unbranched alkanes of at least 4 members (excludes halogenated alkanes) is 4. The first-order chi connectivity index (χ1) is 35.5. The standard InChI is InChI=1S/2C34H29.C2H7Si.Zr/c2*1-2-3-4-11-24-22-33-31(29-18-9-14-25-12-5-7-16-27(25)29)20-21-32(34(33)23-24)30-19-10-15-26-13-6-8-17-28(26)30;1-3-2;/h2*5-10,12-23H,2-4,11H2,1H3;3H,1-2H3;. The van der Waals surface area contributed by atoms with Crippen molar-refractivity contribution in [1.82, 2.24) is 0 Å². The van der Waals surface area contributed by atoms with Crippen molar-refractivity contribution in [3.8, 4) is 44.5 Å². The van der Waals surface area contributed by atoms with E-state index < -0.39 is 26.8 Å². The Kier molecular flexibility index (Phi) is 13.3. The Morgan fingerprint density at radius 1 is 0.333 bits per heavy atom. The second-order valence-corrected chi connectivity index (χ2v) is 41.0. The third kappa shape index (κ3) is 8.34. The summed E-state index contributed by atoms with van der Waals surface area (Å²) in [6.45, 7) is 10.3. The van der Waals surface area contributed by atoms with Gasteiger partial charge >= 0.3 is 440 Å². The predicted molar refractivity (Wildman–Crippen MR) is 313 cm³/mol. The summed E-state index contributed by atoms with van der Waals surface area (Å²) in [6.07, 6.45) is 15.4. The first-order valence-electron chi connectivity index (χ1n) is 27.1. The average molecular weight is 1030 g/mol. The van der Waals surface area contributed by atoms with E-state index in [0.717, 1.165) is 0 Å². The van der Waals surface area contributed by atoms with E-state index in [1.165, 1.54) is 150 Å². The Hall–Kier alpha value is -6.18. The van der Waals surface area contributed by atoms with Gasteiger partial charge in [0.1, 0.15) is 0 Å². The van der Waals surface area contributed by atoms with Crippen LogP contribution < -0.4 is 0 Å². The molecule has 0 bridgehead atoms. The Morgan fingerprint density at radius 2 is 0.639 bits per heavy atom. The average Bonchev–Trinajstić information content (AvgIpc) is 3.99. The molecule has 2 heteroatoms. The topological polar surface area (TPSA) is 0 Å². The van der Waals surface area contributed by atoms with E-state index in [1.54, 1.807) is 22.3 Å². The molecule has 0 spiro atoms. The van der Waals surface area contributed by atoms with Gasteiger partial charge < -0.3 is 0 Å². The van der Waals surface area contributed by atoms with Crippen LogP contribution in [0.2, 0.25) is 13.1 Å². The molecule has 0 nitrogen and oxygen atoms in total. The minimum atomic E-state index is -2.81. The van der Waals surface area contributed by atoms with Gasteiger partial charge in [-0.15, -0.1) is 0 Å². The molecule has 0 amide bonds. The second-order valence-electron chi connectivity index (χ2n) is 21.0. The molecule has 10 aromatic rings. The SMILES string of the molecule is CCCCCC1=Cc2c(-c3cccc4ccccc34)ccc(-c3cccc4ccccc34)c2[CH]1[Zr]([CH]1C(CCCCC)=Cc2c(-c3cccc4ccccc34)ccc(-c3cccc4ccccc34)c21)[SiH](C)C. The molecule has 2 unspecified atom stereocenters. The summed E-state index contributed by atoms with van der Waals surface area (Å²) in [4.78, 5) is 0. The molecule has 2 atom stereocenters. The molecule has 0 fully saturated rings. The molecule has 10 aromatic carbocycles. The maximum atomic E-state index is 2.79. The summed E-state index contributed by atoms with van der Waals surface area (Å²) in [5.74, 6) is -1.34. The monoisotopic (exact) mass is 1020 g/mol. The molecular weight excluding hydrogens is 960 g/mol. The van der Waals surface area contributed by atoms with Crippen molar-refractivity contribution in [2.24, 2.45) is 0 Å². The van der Waals surface area contributed by atoms with Crippen molar-refractivity contribution in [3.63, 3.8) is 0 Å². The molecule has 2 aliphatic carbocycles. The Bertz CT molecular complexity index is 3480. The fourth-order valence-electron chi connectivity index (χ4n) is 13.1. The van der Waals surface area contributed by atoms with Crippen LogP contribution in [0.4, 0.5) is 0 Å². The first-order valence-corrected chi connectivity index (χ1v) is 37.0. The Labute approximate surface area is 436 Å². The van der Waals surface area contributed by atoms with Gasteiger partial charge in [-0.05, 0) is 0 Å². The molecule has 0 radical (unpaired) electrons. The van der Waals surface area contributed by atoms with E-state index in [0.29, 0.717) is 7.25 Å². The van der Waals surface area contributed by atoms with Gasteiger partial charge in [0, 0.05) is 0 Å². The zero-order chi connectivity index (χ0) is 48.7. The normalized spacial score (nSPS) is 15.1. The summed E-state index contributed by atoms with van der Waals surface area (Å²) in [5, 5.41) is 10.6. The van der Waals surface area contributed by atoms with Gasteiger partial charge in [0.05, 0.1) is 0 Å². The molecule has 0 saturated carbocycles. The van der Waals surface area contributed by atoms with Crippen molar-refractivity contribution in [2.75, 3.05) is 0 Å². The van der Waals surface area contributed by atoms with Gasteiger partial charge in [-0.1, -0.05) is 0 Å². The molecule has 353 valence electrons. The van der Waals surface area contributed by atoms with Gasteiger partial charge in [0.15, 0.2) is 0 Å². The number of allylic oxidation sites excluding steroid dienone is 2. The summed E-state index contributed by atoms with van der Waals surface area (Å²) in [7, 11) is 0. The Balaban J connectivity index is 1.17. The number of benzene rings is 10. The number of hydrogen-bond acceptors (Lipinski definition) is 0. The van der Waals surface area contributed by atoms with Gasteiger partial charge in [-0.3, -0.25) is 0 Å². The van der Waals surface area contributed by atoms with E-state index in [-0.39, 0.29) is 0 Å². The van der Waals surface area contributed by atoms with Crippen LogP contribution in [0, 0.1) is 0 Å². The van der Waals surface area contributed by atoms with Crippen LogP contribution in [0.15, 0.2) is 205 Å². The molecule has 0 heterocycles. The van der Waals surface area contributed by atoms with E-state index in [4.69, 9.17) is 0 Å². The van der Waals surface area contributed by atoms with E-state index in [2.05, 4.69) is 233 Å². The van der Waals surface area contributed by atoms with Crippen LogP contribution in [0.5, 0.6) is 0 Å². The number of rotatable bonds is 15. The van der Waals surface area contributed by atoms with Crippen molar-refractivity contribution in [1.29, 1.82) is 0 Å². The molecule has 0 aliphatic heterocycles. The summed E-state index contributed by atoms with van der Waals surface area (Å²) < 4.78 is 0.920. The zero-order valence-electron chi connectivity index (χ0n) is 42.5. The molecule has 2 aliphatic rings. The van der Waals surface area contributed by atoms with Crippen molar-refractivity contribution >= 4 is 61.2 Å². The van der Waals surface area contributed by atoms with Crippen molar-refractivity contribution in [3.05, 3.63) is 228 Å². The molecule has 0 saturated heterocycles. The third-order valence-corrected chi connectivity index (χ3v) is 38.0. The molecule has 0 N–H and O–H groups in total. The van der Waals surface area contributed by atoms with Crippen LogP contribution in [-0.2, 0) is 20.9 Å². The second kappa shape index (κ2) is 20.4. The van der Waals surface area contributed by atoms with E-state index >= 15 is 0 Å². The van der Waals surface area contributed by atoms with Crippen molar-refractivity contribution in [2.45, 2.75) is 85.6 Å². The fraction of sp³-hybridized carbons (Fsp3) is 0.200. The van der Waals surface area contributed by atoms with E-state index in [9.17, 15) is 0 Å². The van der Waals surface area contributed by atoms with Crippen molar-refractivity contribution < 1.29 is 20.9 Å². The van der Waals surface area contributed by atoms with Crippen LogP contribution in [-0.4, -0.2) is 5.92 Å². The summed E-state index contributed by atoms with van der Waals surface area (Å²) in [6, 6.07) is 74.6. The van der Waals surface area contributed by atoms with Crippen LogP contribution >= 0.6 is 0 Å². The summed E-state index contributed by atoms with van der Waals surface area (Å²) in [5.41, 5.74) is 21.0. The summed E-state index contributed by atoms with van der Waals surface area (Å²) >= 11 is -2.81. The van der Waals surface area contributed by atoms with Gasteiger partial charge in [0.2, 0.25) is 0 Å². The Morgan fingerprint density at radius 3 is 0.972 bits per heavy atom. The van der Waals surface area contributed by atoms with Crippen LogP contribution in [0.3, 0.4) is 0 Å². The van der Waals surface area contributed by atoms with Gasteiger partial charge in [-0.25, -0.2) is 0 Å². The van der Waals surface area contributed by atoms with Crippen LogP contribution in [0.25, 0.3) is 99.7 Å². The van der Waals surface area contributed by atoms with Gasteiger partial charge in [-0.2, -0.15) is 0 Å². The number of hydrogen-bond donors (Lipinski definition) is 0. The third-order valence-electron chi connectivity index (χ3n) is 16.3. The number of fused-ring (bicyclic) bond motifs is 6. The minimum absolute atomic E-state index is 0.460. The molecule has 0 aromatic heterocycles. The predicted octanol–water partition coefficient (Wildman–Crippen LogP) is 20.3. The molecule has 12 rings (SSSR count). The van der Waals surface area contributed by atoms with E-state index in [1.807, 2.05) is 0 Å². The zero-order valence-corrected chi connectivity index (χ0v) is 46.1.